The van der Waals surface area contributed by atoms with Gasteiger partial charge in [-0.3, -0.25) is 9.88 Å². The van der Waals surface area contributed by atoms with Gasteiger partial charge in [-0.1, -0.05) is 36.8 Å². The lowest BCUT2D eigenvalue weighted by Crippen LogP contribution is -2.35. The van der Waals surface area contributed by atoms with Gasteiger partial charge in [-0.15, -0.1) is 0 Å². The minimum absolute atomic E-state index is 0.158. The zero-order valence-corrected chi connectivity index (χ0v) is 19.0. The monoisotopic (exact) mass is 444 g/mol. The lowest BCUT2D eigenvalue weighted by molar-refractivity contribution is 0.0526. The number of esters is 1. The average Bonchev–Trinajstić information content (AvgIpc) is 3.20. The van der Waals surface area contributed by atoms with Crippen LogP contribution in [0, 0.1) is 6.92 Å². The van der Waals surface area contributed by atoms with Crippen LogP contribution in [0.1, 0.15) is 59.6 Å². The third kappa shape index (κ3) is 3.64. The second-order valence-electron chi connectivity index (χ2n) is 8.52. The summed E-state index contributed by atoms with van der Waals surface area (Å²) in [5, 5.41) is 13.8. The standard InChI is InChI=1S/C27H28N2O4/c1-3-32-27(31)21-17(2)33-26-19-12-6-5-11-18(19)25(30)23(22(21)26)24(20-13-7-8-14-28-20)29-15-9-4-10-16-29/h5-8,11-14,24,30H,3-4,9-10,15-16H2,1-2H3. The van der Waals surface area contributed by atoms with Crippen LogP contribution in [0.4, 0.5) is 0 Å². The fourth-order valence-electron chi connectivity index (χ4n) is 5.09. The number of hydrogen-bond acceptors (Lipinski definition) is 6. The molecule has 0 radical (unpaired) electrons. The summed E-state index contributed by atoms with van der Waals surface area (Å²) < 4.78 is 11.6. The smallest absolute Gasteiger partial charge is 0.342 e. The number of phenols is 1. The second-order valence-corrected chi connectivity index (χ2v) is 8.52. The molecule has 2 aromatic carbocycles. The number of aromatic hydroxyl groups is 1. The van der Waals surface area contributed by atoms with Crippen molar-refractivity contribution in [1.29, 1.82) is 0 Å². The molecule has 0 amide bonds. The Bertz CT molecular complexity index is 1310. The van der Waals surface area contributed by atoms with Crippen molar-refractivity contribution in [2.75, 3.05) is 19.7 Å². The molecule has 1 fully saturated rings. The minimum Gasteiger partial charge on any atom is -0.507 e. The number of pyridine rings is 1. The number of likely N-dealkylation sites (tertiary alicyclic amines) is 1. The molecule has 0 bridgehead atoms. The van der Waals surface area contributed by atoms with Gasteiger partial charge in [-0.25, -0.2) is 4.79 Å². The summed E-state index contributed by atoms with van der Waals surface area (Å²) in [4.78, 5) is 20.1. The third-order valence-corrected chi connectivity index (χ3v) is 6.51. The van der Waals surface area contributed by atoms with E-state index in [9.17, 15) is 9.90 Å². The number of nitrogens with zero attached hydrogens (tertiary/aromatic N) is 2. The molecule has 0 spiro atoms. The molecule has 2 aromatic heterocycles. The summed E-state index contributed by atoms with van der Waals surface area (Å²) in [7, 11) is 0. The number of aromatic nitrogens is 1. The molecule has 4 aromatic rings. The van der Waals surface area contributed by atoms with Gasteiger partial charge in [0.15, 0.2) is 0 Å². The molecule has 33 heavy (non-hydrogen) atoms. The number of ether oxygens (including phenoxy) is 1. The van der Waals surface area contributed by atoms with E-state index in [4.69, 9.17) is 9.15 Å². The summed E-state index contributed by atoms with van der Waals surface area (Å²) in [5.74, 6) is 0.202. The highest BCUT2D eigenvalue weighted by Gasteiger charge is 2.34. The van der Waals surface area contributed by atoms with Crippen molar-refractivity contribution < 1.29 is 19.1 Å². The van der Waals surface area contributed by atoms with Gasteiger partial charge in [-0.05, 0) is 51.9 Å². The predicted octanol–water partition coefficient (Wildman–Crippen LogP) is 5.75. The first-order valence-electron chi connectivity index (χ1n) is 11.6. The van der Waals surface area contributed by atoms with Gasteiger partial charge in [0.05, 0.1) is 18.3 Å². The Labute approximate surface area is 192 Å². The van der Waals surface area contributed by atoms with Gasteiger partial charge >= 0.3 is 5.97 Å². The molecule has 0 saturated carbocycles. The maximum Gasteiger partial charge on any atom is 0.342 e. The van der Waals surface area contributed by atoms with E-state index in [-0.39, 0.29) is 18.4 Å². The Morgan fingerprint density at radius 2 is 1.85 bits per heavy atom. The Morgan fingerprint density at radius 1 is 1.12 bits per heavy atom. The fraction of sp³-hybridized carbons (Fsp3) is 0.333. The number of carbonyl (C=O) groups excluding carboxylic acids is 1. The summed E-state index contributed by atoms with van der Waals surface area (Å²) in [6, 6.07) is 13.1. The SMILES string of the molecule is CCOC(=O)c1c(C)oc2c1c(C(c1ccccn1)N1CCCCC1)c(O)c1ccccc12. The first-order valence-corrected chi connectivity index (χ1v) is 11.6. The van der Waals surface area contributed by atoms with Crippen molar-refractivity contribution in [1.82, 2.24) is 9.88 Å². The number of furan rings is 1. The third-order valence-electron chi connectivity index (χ3n) is 6.51. The van der Waals surface area contributed by atoms with E-state index >= 15 is 0 Å². The van der Waals surface area contributed by atoms with Crippen molar-refractivity contribution in [3.63, 3.8) is 0 Å². The molecule has 1 saturated heterocycles. The Morgan fingerprint density at radius 3 is 2.55 bits per heavy atom. The molecule has 5 rings (SSSR count). The maximum atomic E-state index is 13.1. The van der Waals surface area contributed by atoms with Crippen LogP contribution in [-0.4, -0.2) is 40.7 Å². The highest BCUT2D eigenvalue weighted by atomic mass is 16.5. The summed E-state index contributed by atoms with van der Waals surface area (Å²) in [5.41, 5.74) is 2.46. The average molecular weight is 445 g/mol. The number of aryl methyl sites for hydroxylation is 1. The van der Waals surface area contributed by atoms with Crippen LogP contribution in [0.5, 0.6) is 5.75 Å². The van der Waals surface area contributed by atoms with Crippen molar-refractivity contribution in [3.05, 3.63) is 71.2 Å². The maximum absolute atomic E-state index is 13.1. The van der Waals surface area contributed by atoms with Crippen LogP contribution in [0.3, 0.4) is 0 Å². The molecule has 1 N–H and O–H groups in total. The molecule has 6 nitrogen and oxygen atoms in total. The van der Waals surface area contributed by atoms with E-state index in [1.54, 1.807) is 20.0 Å². The zero-order chi connectivity index (χ0) is 22.9. The predicted molar refractivity (Wildman–Crippen MR) is 128 cm³/mol. The highest BCUT2D eigenvalue weighted by molar-refractivity contribution is 6.16. The van der Waals surface area contributed by atoms with Crippen LogP contribution in [0.15, 0.2) is 53.1 Å². The molecule has 3 heterocycles. The van der Waals surface area contributed by atoms with E-state index in [1.165, 1.54) is 6.42 Å². The van der Waals surface area contributed by atoms with E-state index in [2.05, 4.69) is 9.88 Å². The Balaban J connectivity index is 1.89. The van der Waals surface area contributed by atoms with Crippen LogP contribution in [-0.2, 0) is 4.74 Å². The lowest BCUT2D eigenvalue weighted by Gasteiger charge is -2.35. The summed E-state index contributed by atoms with van der Waals surface area (Å²) in [6.45, 7) is 5.60. The highest BCUT2D eigenvalue weighted by Crippen LogP contribution is 2.47. The molecule has 1 aliphatic heterocycles. The van der Waals surface area contributed by atoms with Gasteiger partial charge in [0.2, 0.25) is 0 Å². The van der Waals surface area contributed by atoms with Crippen molar-refractivity contribution in [2.45, 2.75) is 39.2 Å². The van der Waals surface area contributed by atoms with E-state index in [0.717, 1.165) is 37.0 Å². The van der Waals surface area contributed by atoms with Crippen LogP contribution in [0.2, 0.25) is 0 Å². The quantitative estimate of drug-likeness (QED) is 0.395. The van der Waals surface area contributed by atoms with Gasteiger partial charge in [0.25, 0.3) is 0 Å². The number of fused-ring (bicyclic) bond motifs is 3. The summed E-state index contributed by atoms with van der Waals surface area (Å²) in [6.07, 6.45) is 5.11. The van der Waals surface area contributed by atoms with Crippen LogP contribution < -0.4 is 0 Å². The fourth-order valence-corrected chi connectivity index (χ4v) is 5.09. The topological polar surface area (TPSA) is 75.8 Å². The molecule has 0 aliphatic carbocycles. The number of rotatable bonds is 5. The molecular formula is C27H28N2O4. The van der Waals surface area contributed by atoms with Gasteiger partial charge in [-0.2, -0.15) is 0 Å². The second kappa shape index (κ2) is 8.87. The normalized spacial score (nSPS) is 15.7. The lowest BCUT2D eigenvalue weighted by atomic mass is 9.90. The first-order chi connectivity index (χ1) is 16.1. The van der Waals surface area contributed by atoms with Crippen molar-refractivity contribution in [2.24, 2.45) is 0 Å². The minimum atomic E-state index is -0.442. The van der Waals surface area contributed by atoms with Crippen LogP contribution >= 0.6 is 0 Å². The zero-order valence-electron chi connectivity index (χ0n) is 19.0. The van der Waals surface area contributed by atoms with E-state index in [1.807, 2.05) is 42.5 Å². The van der Waals surface area contributed by atoms with Gasteiger partial charge in [0, 0.05) is 27.9 Å². The molecular weight excluding hydrogens is 416 g/mol. The molecule has 1 aliphatic rings. The number of benzene rings is 2. The number of piperidine rings is 1. The van der Waals surface area contributed by atoms with Crippen LogP contribution in [0.25, 0.3) is 21.7 Å². The first kappa shape index (κ1) is 21.5. The molecule has 6 heteroatoms. The van der Waals surface area contributed by atoms with Gasteiger partial charge in [0.1, 0.15) is 22.7 Å². The number of carbonyl (C=O) groups is 1. The molecule has 1 unspecified atom stereocenters. The van der Waals surface area contributed by atoms with E-state index in [0.29, 0.717) is 33.2 Å². The largest absolute Gasteiger partial charge is 0.507 e. The Kier molecular flexibility index (Phi) is 5.77. The number of hydrogen-bond donors (Lipinski definition) is 1. The Hall–Kier alpha value is -3.38. The molecule has 1 atom stereocenters. The summed E-state index contributed by atoms with van der Waals surface area (Å²) >= 11 is 0. The van der Waals surface area contributed by atoms with Gasteiger partial charge < -0.3 is 14.3 Å². The molecule has 170 valence electrons. The van der Waals surface area contributed by atoms with Crippen molar-refractivity contribution in [3.8, 4) is 5.75 Å². The van der Waals surface area contributed by atoms with Crippen molar-refractivity contribution >= 4 is 27.7 Å². The van der Waals surface area contributed by atoms with E-state index < -0.39 is 5.97 Å². The number of phenolic OH excluding ortho intramolecular Hbond substituents is 1.